The van der Waals surface area contributed by atoms with E-state index < -0.39 is 11.7 Å². The molecule has 0 bridgehead atoms. The van der Waals surface area contributed by atoms with E-state index in [0.29, 0.717) is 24.3 Å². The molecule has 7 nitrogen and oxygen atoms in total. The predicted molar refractivity (Wildman–Crippen MR) is 125 cm³/mol. The lowest BCUT2D eigenvalue weighted by Gasteiger charge is -2.27. The highest BCUT2D eigenvalue weighted by Crippen LogP contribution is 2.32. The first-order valence-electron chi connectivity index (χ1n) is 11.0. The van der Waals surface area contributed by atoms with Crippen LogP contribution < -0.4 is 10.9 Å². The monoisotopic (exact) mass is 481 g/mol. The lowest BCUT2D eigenvalue weighted by molar-refractivity contribution is -0.137. The largest absolute Gasteiger partial charge is 0.417 e. The molecule has 0 fully saturated rings. The van der Waals surface area contributed by atoms with Crippen LogP contribution in [0.4, 0.5) is 18.0 Å². The minimum Gasteiger partial charge on any atom is -0.347 e. The first kappa shape index (κ1) is 22.7. The summed E-state index contributed by atoms with van der Waals surface area (Å²) in [5.74, 6) is 0. The van der Waals surface area contributed by atoms with Crippen LogP contribution in [0.2, 0.25) is 0 Å². The lowest BCUT2D eigenvalue weighted by atomic mass is 10.0. The van der Waals surface area contributed by atoms with Gasteiger partial charge in [0.25, 0.3) is 5.56 Å². The third-order valence-corrected chi connectivity index (χ3v) is 6.47. The zero-order chi connectivity index (χ0) is 24.9. The molecule has 4 heterocycles. The molecule has 1 aliphatic rings. The van der Waals surface area contributed by atoms with Crippen LogP contribution in [-0.4, -0.2) is 38.6 Å². The SMILES string of the molecule is CNC(=O)N1CCc2c(c3ccc(-n4ccc(-c5ccc(C(F)(F)F)cn5)cc4=O)cc3n2C)C1. The van der Waals surface area contributed by atoms with E-state index in [9.17, 15) is 22.8 Å². The van der Waals surface area contributed by atoms with E-state index in [4.69, 9.17) is 0 Å². The number of aromatic nitrogens is 3. The number of nitrogens with zero attached hydrogens (tertiary/aromatic N) is 4. The number of rotatable bonds is 2. The number of halogens is 3. The molecule has 0 saturated heterocycles. The highest BCUT2D eigenvalue weighted by Gasteiger charge is 2.30. The van der Waals surface area contributed by atoms with Crippen molar-refractivity contribution in [2.75, 3.05) is 13.6 Å². The third kappa shape index (κ3) is 3.94. The van der Waals surface area contributed by atoms with E-state index in [2.05, 4.69) is 14.9 Å². The van der Waals surface area contributed by atoms with Gasteiger partial charge >= 0.3 is 12.2 Å². The normalized spacial score (nSPS) is 13.7. The van der Waals surface area contributed by atoms with Crippen LogP contribution in [-0.2, 0) is 26.2 Å². The molecule has 1 aromatic carbocycles. The Balaban J connectivity index is 1.49. The highest BCUT2D eigenvalue weighted by atomic mass is 19.4. The Morgan fingerprint density at radius 1 is 1.11 bits per heavy atom. The zero-order valence-corrected chi connectivity index (χ0v) is 19.1. The average Bonchev–Trinajstić information content (AvgIpc) is 3.13. The smallest absolute Gasteiger partial charge is 0.347 e. The quantitative estimate of drug-likeness (QED) is 0.469. The van der Waals surface area contributed by atoms with Gasteiger partial charge in [0, 0.05) is 74.3 Å². The van der Waals surface area contributed by atoms with E-state index in [-0.39, 0.29) is 17.3 Å². The topological polar surface area (TPSA) is 72.2 Å². The van der Waals surface area contributed by atoms with Crippen molar-refractivity contribution in [3.05, 3.63) is 82.0 Å². The first-order valence-corrected chi connectivity index (χ1v) is 11.0. The summed E-state index contributed by atoms with van der Waals surface area (Å²) in [6.07, 6.45) is -1.38. The Labute approximate surface area is 198 Å². The molecule has 0 saturated carbocycles. The van der Waals surface area contributed by atoms with Gasteiger partial charge in [-0.15, -0.1) is 0 Å². The van der Waals surface area contributed by atoms with Crippen molar-refractivity contribution < 1.29 is 18.0 Å². The van der Waals surface area contributed by atoms with E-state index >= 15 is 0 Å². The number of carbonyl (C=O) groups excluding carboxylic acids is 1. The molecule has 0 spiro atoms. The zero-order valence-electron chi connectivity index (χ0n) is 19.1. The molecule has 0 unspecified atom stereocenters. The molecular weight excluding hydrogens is 459 g/mol. The molecule has 35 heavy (non-hydrogen) atoms. The number of hydrogen-bond acceptors (Lipinski definition) is 3. The van der Waals surface area contributed by atoms with Crippen LogP contribution in [0.5, 0.6) is 0 Å². The second-order valence-electron chi connectivity index (χ2n) is 8.47. The standard InChI is InChI=1S/C25H22F3N5O2/c1-29-24(35)32-9-8-21-19(14-32)18-5-4-17(12-22(18)31(21)2)33-10-7-15(11-23(33)34)20-6-3-16(13-30-20)25(26,27)28/h3-7,10-13H,8-9,14H2,1-2H3,(H,29,35). The maximum absolute atomic E-state index is 12.9. The number of pyridine rings is 2. The Morgan fingerprint density at radius 3 is 2.57 bits per heavy atom. The summed E-state index contributed by atoms with van der Waals surface area (Å²) in [6.45, 7) is 1.14. The van der Waals surface area contributed by atoms with Crippen LogP contribution in [0.3, 0.4) is 0 Å². The fraction of sp³-hybridized carbons (Fsp3) is 0.240. The van der Waals surface area contributed by atoms with Crippen LogP contribution in [0.1, 0.15) is 16.8 Å². The number of urea groups is 1. The average molecular weight is 481 g/mol. The summed E-state index contributed by atoms with van der Waals surface area (Å²) in [5, 5.41) is 3.70. The van der Waals surface area contributed by atoms with E-state index in [1.807, 2.05) is 25.2 Å². The van der Waals surface area contributed by atoms with Gasteiger partial charge in [-0.25, -0.2) is 4.79 Å². The van der Waals surface area contributed by atoms with Crippen LogP contribution >= 0.6 is 0 Å². The number of benzene rings is 1. The summed E-state index contributed by atoms with van der Waals surface area (Å²) in [7, 11) is 3.59. The van der Waals surface area contributed by atoms with Crippen molar-refractivity contribution in [3.63, 3.8) is 0 Å². The Kier molecular flexibility index (Phi) is 5.38. The van der Waals surface area contributed by atoms with Gasteiger partial charge in [-0.05, 0) is 30.3 Å². The molecule has 180 valence electrons. The van der Waals surface area contributed by atoms with E-state index in [0.717, 1.165) is 40.8 Å². The van der Waals surface area contributed by atoms with Gasteiger partial charge in [-0.2, -0.15) is 13.2 Å². The molecule has 10 heteroatoms. The third-order valence-electron chi connectivity index (χ3n) is 6.47. The second-order valence-corrected chi connectivity index (χ2v) is 8.47. The van der Waals surface area contributed by atoms with Crippen molar-refractivity contribution in [2.45, 2.75) is 19.1 Å². The number of carbonyl (C=O) groups is 1. The first-order chi connectivity index (χ1) is 16.7. The summed E-state index contributed by atoms with van der Waals surface area (Å²) in [4.78, 5) is 30.6. The van der Waals surface area contributed by atoms with Crippen LogP contribution in [0, 0.1) is 0 Å². The molecule has 2 amide bonds. The number of alkyl halides is 3. The van der Waals surface area contributed by atoms with Gasteiger partial charge in [0.05, 0.1) is 22.5 Å². The van der Waals surface area contributed by atoms with Gasteiger partial charge < -0.3 is 14.8 Å². The van der Waals surface area contributed by atoms with E-state index in [1.54, 1.807) is 24.2 Å². The molecule has 5 rings (SSSR count). The summed E-state index contributed by atoms with van der Waals surface area (Å²) >= 11 is 0. The van der Waals surface area contributed by atoms with Gasteiger partial charge in [-0.3, -0.25) is 14.3 Å². The van der Waals surface area contributed by atoms with Gasteiger partial charge in [0.2, 0.25) is 0 Å². The van der Waals surface area contributed by atoms with Gasteiger partial charge in [0.15, 0.2) is 0 Å². The Bertz CT molecular complexity index is 1500. The fourth-order valence-electron chi connectivity index (χ4n) is 4.63. The summed E-state index contributed by atoms with van der Waals surface area (Å²) in [5.41, 5.74) is 3.42. The molecule has 0 radical (unpaired) electrons. The van der Waals surface area contributed by atoms with Crippen molar-refractivity contribution in [2.24, 2.45) is 7.05 Å². The fourth-order valence-corrected chi connectivity index (χ4v) is 4.63. The molecular formula is C25H22F3N5O2. The molecule has 4 aromatic rings. The molecule has 0 atom stereocenters. The number of hydrogen-bond donors (Lipinski definition) is 1. The van der Waals surface area contributed by atoms with Crippen LogP contribution in [0.25, 0.3) is 27.8 Å². The number of aryl methyl sites for hydroxylation is 1. The number of fused-ring (bicyclic) bond motifs is 3. The molecule has 0 aliphatic carbocycles. The molecule has 1 N–H and O–H groups in total. The summed E-state index contributed by atoms with van der Waals surface area (Å²) in [6, 6.07) is 10.8. The Morgan fingerprint density at radius 2 is 1.91 bits per heavy atom. The minimum atomic E-state index is -4.47. The Hall–Kier alpha value is -4.08. The number of amides is 2. The van der Waals surface area contributed by atoms with Gasteiger partial charge in [0.1, 0.15) is 0 Å². The second kappa shape index (κ2) is 8.30. The number of nitrogens with one attached hydrogen (secondary N) is 1. The van der Waals surface area contributed by atoms with E-state index in [1.165, 1.54) is 16.7 Å². The van der Waals surface area contributed by atoms with Crippen LogP contribution in [0.15, 0.2) is 59.7 Å². The highest BCUT2D eigenvalue weighted by molar-refractivity contribution is 5.88. The molecule has 1 aliphatic heterocycles. The predicted octanol–water partition coefficient (Wildman–Crippen LogP) is 4.11. The maximum Gasteiger partial charge on any atom is 0.417 e. The van der Waals surface area contributed by atoms with Gasteiger partial charge in [-0.1, -0.05) is 6.07 Å². The molecule has 3 aromatic heterocycles. The summed E-state index contributed by atoms with van der Waals surface area (Å²) < 4.78 is 42.0. The van der Waals surface area contributed by atoms with Crippen molar-refractivity contribution in [1.29, 1.82) is 0 Å². The minimum absolute atomic E-state index is 0.113. The van der Waals surface area contributed by atoms with Crippen molar-refractivity contribution >= 4 is 16.9 Å². The lowest BCUT2D eigenvalue weighted by Crippen LogP contribution is -2.41. The van der Waals surface area contributed by atoms with Crippen molar-refractivity contribution in [3.8, 4) is 16.9 Å². The van der Waals surface area contributed by atoms with Crippen molar-refractivity contribution in [1.82, 2.24) is 24.3 Å². The maximum atomic E-state index is 12.9.